The Labute approximate surface area is 126 Å². The van der Waals surface area contributed by atoms with Crippen LogP contribution >= 0.6 is 11.6 Å². The summed E-state index contributed by atoms with van der Waals surface area (Å²) in [6.45, 7) is 3.55. The maximum Gasteiger partial charge on any atom is 0.272 e. The molecule has 2 aromatic rings. The van der Waals surface area contributed by atoms with Gasteiger partial charge in [0.2, 0.25) is 0 Å². The van der Waals surface area contributed by atoms with Gasteiger partial charge in [0.15, 0.2) is 0 Å². The second-order valence-electron chi connectivity index (χ2n) is 4.80. The molecule has 0 saturated heterocycles. The topological polar surface area (TPSA) is 55.2 Å². The third-order valence-corrected chi connectivity index (χ3v) is 3.53. The maximum atomic E-state index is 13.4. The molecule has 0 aliphatic carbocycles. The molecule has 2 aromatic carbocycles. The van der Waals surface area contributed by atoms with Crippen molar-refractivity contribution < 1.29 is 9.31 Å². The van der Waals surface area contributed by atoms with Gasteiger partial charge in [0.05, 0.1) is 9.95 Å². The molecule has 0 saturated carbocycles. The van der Waals surface area contributed by atoms with Crippen LogP contribution in [0.5, 0.6) is 0 Å². The fraction of sp³-hybridized carbons (Fsp3) is 0.200. The number of aryl methyl sites for hydroxylation is 1. The highest BCUT2D eigenvalue weighted by Crippen LogP contribution is 2.26. The van der Waals surface area contributed by atoms with Crippen LogP contribution in [-0.2, 0) is 0 Å². The van der Waals surface area contributed by atoms with Crippen molar-refractivity contribution in [3.8, 4) is 0 Å². The van der Waals surface area contributed by atoms with Crippen LogP contribution in [0, 0.1) is 22.9 Å². The number of nitro benzene ring substituents is 1. The molecule has 0 bridgehead atoms. The Bertz CT molecular complexity index is 691. The van der Waals surface area contributed by atoms with Crippen molar-refractivity contribution in [3.63, 3.8) is 0 Å². The second-order valence-corrected chi connectivity index (χ2v) is 5.21. The first-order valence-electron chi connectivity index (χ1n) is 6.35. The van der Waals surface area contributed by atoms with E-state index in [0.717, 1.165) is 11.3 Å². The number of nitro groups is 1. The Kier molecular flexibility index (Phi) is 4.43. The van der Waals surface area contributed by atoms with Crippen molar-refractivity contribution in [2.24, 2.45) is 0 Å². The minimum atomic E-state index is -0.470. The van der Waals surface area contributed by atoms with Crippen LogP contribution in [0.1, 0.15) is 24.1 Å². The van der Waals surface area contributed by atoms with E-state index in [-0.39, 0.29) is 16.8 Å². The number of hydrogen-bond acceptors (Lipinski definition) is 3. The third-order valence-electron chi connectivity index (χ3n) is 3.22. The summed E-state index contributed by atoms with van der Waals surface area (Å²) in [5, 5.41) is 14.0. The number of anilines is 1. The minimum Gasteiger partial charge on any atom is -0.379 e. The second kappa shape index (κ2) is 6.10. The molecule has 1 unspecified atom stereocenters. The highest BCUT2D eigenvalue weighted by Gasteiger charge is 2.12. The molecule has 1 N–H and O–H groups in total. The average Bonchev–Trinajstić information content (AvgIpc) is 2.41. The molecule has 0 aliphatic heterocycles. The van der Waals surface area contributed by atoms with Crippen LogP contribution in [0.3, 0.4) is 0 Å². The number of benzene rings is 2. The van der Waals surface area contributed by atoms with E-state index in [1.807, 2.05) is 6.92 Å². The number of hydrogen-bond donors (Lipinski definition) is 1. The number of nitrogens with one attached hydrogen (secondary N) is 1. The lowest BCUT2D eigenvalue weighted by atomic mass is 10.1. The quantitative estimate of drug-likeness (QED) is 0.647. The van der Waals surface area contributed by atoms with E-state index >= 15 is 0 Å². The van der Waals surface area contributed by atoms with Crippen LogP contribution in [0.25, 0.3) is 0 Å². The zero-order valence-corrected chi connectivity index (χ0v) is 12.3. The Morgan fingerprint density at radius 1 is 1.29 bits per heavy atom. The van der Waals surface area contributed by atoms with Crippen LogP contribution < -0.4 is 5.32 Å². The monoisotopic (exact) mass is 308 g/mol. The largest absolute Gasteiger partial charge is 0.379 e. The summed E-state index contributed by atoms with van der Waals surface area (Å²) in [5.41, 5.74) is 2.12. The van der Waals surface area contributed by atoms with Gasteiger partial charge in [0.1, 0.15) is 5.82 Å². The Morgan fingerprint density at radius 3 is 2.57 bits per heavy atom. The lowest BCUT2D eigenvalue weighted by molar-refractivity contribution is -0.385. The Hall–Kier alpha value is -2.14. The van der Waals surface area contributed by atoms with Gasteiger partial charge in [-0.25, -0.2) is 4.39 Å². The zero-order chi connectivity index (χ0) is 15.6. The molecule has 21 heavy (non-hydrogen) atoms. The molecule has 0 spiro atoms. The molecule has 0 fully saturated rings. The van der Waals surface area contributed by atoms with Gasteiger partial charge >= 0.3 is 0 Å². The lowest BCUT2D eigenvalue weighted by Gasteiger charge is -2.16. The van der Waals surface area contributed by atoms with Crippen molar-refractivity contribution in [1.29, 1.82) is 0 Å². The predicted molar refractivity (Wildman–Crippen MR) is 81.3 cm³/mol. The fourth-order valence-corrected chi connectivity index (χ4v) is 2.18. The highest BCUT2D eigenvalue weighted by molar-refractivity contribution is 6.30. The third kappa shape index (κ3) is 3.49. The smallest absolute Gasteiger partial charge is 0.272 e. The van der Waals surface area contributed by atoms with Gasteiger partial charge in [0, 0.05) is 23.4 Å². The van der Waals surface area contributed by atoms with E-state index in [0.29, 0.717) is 5.56 Å². The van der Waals surface area contributed by atoms with Gasteiger partial charge < -0.3 is 5.32 Å². The van der Waals surface area contributed by atoms with Crippen molar-refractivity contribution in [2.75, 3.05) is 5.32 Å². The first-order chi connectivity index (χ1) is 9.88. The molecule has 6 heteroatoms. The summed E-state index contributed by atoms with van der Waals surface area (Å²) in [5.74, 6) is -0.470. The molecule has 0 heterocycles. The standard InChI is InChI=1S/C15H14ClFN2O2/c1-9-7-12(4-6-15(9)19(20)21)18-10(2)11-3-5-13(16)14(17)8-11/h3-8,10,18H,1-2H3. The van der Waals surface area contributed by atoms with Gasteiger partial charge in [-0.15, -0.1) is 0 Å². The normalized spacial score (nSPS) is 12.0. The van der Waals surface area contributed by atoms with Gasteiger partial charge in [-0.1, -0.05) is 17.7 Å². The molecule has 0 radical (unpaired) electrons. The Morgan fingerprint density at radius 2 is 2.00 bits per heavy atom. The number of nitrogens with zero attached hydrogens (tertiary/aromatic N) is 1. The first-order valence-corrected chi connectivity index (χ1v) is 6.73. The van der Waals surface area contributed by atoms with Crippen molar-refractivity contribution in [3.05, 3.63) is 68.5 Å². The van der Waals surface area contributed by atoms with Gasteiger partial charge in [0.25, 0.3) is 5.69 Å². The van der Waals surface area contributed by atoms with E-state index in [4.69, 9.17) is 11.6 Å². The van der Waals surface area contributed by atoms with E-state index < -0.39 is 10.7 Å². The molecule has 1 atom stereocenters. The van der Waals surface area contributed by atoms with E-state index in [1.165, 1.54) is 18.2 Å². The Balaban J connectivity index is 2.19. The summed E-state index contributed by atoms with van der Waals surface area (Å²) >= 11 is 5.65. The molecule has 110 valence electrons. The van der Waals surface area contributed by atoms with Gasteiger partial charge in [-0.3, -0.25) is 10.1 Å². The molecular formula is C15H14ClFN2O2. The van der Waals surface area contributed by atoms with Crippen LogP contribution in [0.15, 0.2) is 36.4 Å². The van der Waals surface area contributed by atoms with Crippen LogP contribution in [0.4, 0.5) is 15.8 Å². The van der Waals surface area contributed by atoms with E-state index in [2.05, 4.69) is 5.32 Å². The van der Waals surface area contributed by atoms with Crippen molar-refractivity contribution >= 4 is 23.0 Å². The molecular weight excluding hydrogens is 295 g/mol. The molecule has 4 nitrogen and oxygen atoms in total. The fourth-order valence-electron chi connectivity index (χ4n) is 2.07. The highest BCUT2D eigenvalue weighted by atomic mass is 35.5. The predicted octanol–water partition coefficient (Wildman–Crippen LogP) is 4.87. The lowest BCUT2D eigenvalue weighted by Crippen LogP contribution is -2.07. The minimum absolute atomic E-state index is 0.0748. The summed E-state index contributed by atoms with van der Waals surface area (Å²) in [6, 6.07) is 9.24. The summed E-state index contributed by atoms with van der Waals surface area (Å²) in [6.07, 6.45) is 0. The number of rotatable bonds is 4. The summed E-state index contributed by atoms with van der Waals surface area (Å²) in [7, 11) is 0. The SMILES string of the molecule is Cc1cc(NC(C)c2ccc(Cl)c(F)c2)ccc1[N+](=O)[O-]. The van der Waals surface area contributed by atoms with Crippen LogP contribution in [0.2, 0.25) is 5.02 Å². The number of halogens is 2. The summed E-state index contributed by atoms with van der Waals surface area (Å²) < 4.78 is 13.4. The van der Waals surface area contributed by atoms with Gasteiger partial charge in [-0.05, 0) is 43.7 Å². The zero-order valence-electron chi connectivity index (χ0n) is 11.6. The van der Waals surface area contributed by atoms with E-state index in [9.17, 15) is 14.5 Å². The average molecular weight is 309 g/mol. The van der Waals surface area contributed by atoms with Crippen molar-refractivity contribution in [2.45, 2.75) is 19.9 Å². The van der Waals surface area contributed by atoms with E-state index in [1.54, 1.807) is 25.1 Å². The summed E-state index contributed by atoms with van der Waals surface area (Å²) in [4.78, 5) is 10.4. The first kappa shape index (κ1) is 15.3. The molecule has 2 rings (SSSR count). The van der Waals surface area contributed by atoms with Gasteiger partial charge in [-0.2, -0.15) is 0 Å². The van der Waals surface area contributed by atoms with Crippen LogP contribution in [-0.4, -0.2) is 4.92 Å². The van der Waals surface area contributed by atoms with Crippen molar-refractivity contribution in [1.82, 2.24) is 0 Å². The maximum absolute atomic E-state index is 13.4. The molecule has 0 amide bonds. The molecule has 0 aromatic heterocycles. The molecule has 0 aliphatic rings.